The van der Waals surface area contributed by atoms with Gasteiger partial charge in [-0.05, 0) is 49.7 Å². The van der Waals surface area contributed by atoms with Crippen molar-refractivity contribution in [2.75, 3.05) is 6.61 Å². The second-order valence-corrected chi connectivity index (χ2v) is 12.2. The Hall–Kier alpha value is -3.68. The van der Waals surface area contributed by atoms with E-state index in [0.717, 1.165) is 13.8 Å². The van der Waals surface area contributed by atoms with Crippen LogP contribution in [0.4, 0.5) is 17.6 Å². The smallest absolute Gasteiger partial charge is 0.381 e. The van der Waals surface area contributed by atoms with Crippen LogP contribution in [0, 0.1) is 0 Å². The molecule has 42 heavy (non-hydrogen) atoms. The second-order valence-electron chi connectivity index (χ2n) is 8.62. The van der Waals surface area contributed by atoms with Gasteiger partial charge in [0.1, 0.15) is 0 Å². The zero-order valence-corrected chi connectivity index (χ0v) is 24.2. The molecule has 0 aromatic heterocycles. The van der Waals surface area contributed by atoms with E-state index in [0.29, 0.717) is 0 Å². The summed E-state index contributed by atoms with van der Waals surface area (Å²) in [6.45, 7) is 2.99. The van der Waals surface area contributed by atoms with E-state index >= 15 is 0 Å². The van der Waals surface area contributed by atoms with Gasteiger partial charge in [-0.1, -0.05) is 68.1 Å². The summed E-state index contributed by atoms with van der Waals surface area (Å²) in [5.74, 6) is -8.36. The molecular formula is C29H28F4O7S2. The fourth-order valence-corrected chi connectivity index (χ4v) is 5.48. The maximum atomic E-state index is 13.7. The first kappa shape index (κ1) is 34.5. The number of carbonyl (C=O) groups is 2. The number of carbonyl (C=O) groups excluding carboxylic acids is 2. The second kappa shape index (κ2) is 15.0. The zero-order chi connectivity index (χ0) is 31.6. The Labute approximate surface area is 244 Å². The molecule has 3 rings (SSSR count). The molecule has 13 heteroatoms. The minimum absolute atomic E-state index is 0.0146. The minimum Gasteiger partial charge on any atom is -0.743 e. The van der Waals surface area contributed by atoms with Crippen molar-refractivity contribution in [1.29, 1.82) is 0 Å². The molecule has 0 saturated heterocycles. The van der Waals surface area contributed by atoms with Crippen LogP contribution in [0.25, 0.3) is 0 Å². The lowest BCUT2D eigenvalue weighted by atomic mass is 10.1. The highest BCUT2D eigenvalue weighted by molar-refractivity contribution is 7.97. The van der Waals surface area contributed by atoms with Gasteiger partial charge in [-0.3, -0.25) is 0 Å². The van der Waals surface area contributed by atoms with Crippen LogP contribution >= 0.6 is 0 Å². The lowest BCUT2D eigenvalue weighted by Crippen LogP contribution is -2.46. The number of hydrogen-bond donors (Lipinski definition) is 0. The van der Waals surface area contributed by atoms with Crippen LogP contribution in [-0.4, -0.2) is 48.8 Å². The monoisotopic (exact) mass is 628 g/mol. The Morgan fingerprint density at radius 2 is 1.24 bits per heavy atom. The van der Waals surface area contributed by atoms with Crippen LogP contribution in [-0.2, 0) is 40.1 Å². The van der Waals surface area contributed by atoms with Crippen LogP contribution in [0.2, 0.25) is 0 Å². The first-order valence-electron chi connectivity index (χ1n) is 12.3. The van der Waals surface area contributed by atoms with Gasteiger partial charge in [0.15, 0.2) is 37.5 Å². The largest absolute Gasteiger partial charge is 0.743 e. The Morgan fingerprint density at radius 3 is 1.55 bits per heavy atom. The molecule has 0 heterocycles. The quantitative estimate of drug-likeness (QED) is 0.0845. The topological polar surface area (TPSA) is 110 Å². The molecular weight excluding hydrogens is 600 g/mol. The molecule has 226 valence electrons. The molecule has 0 aliphatic heterocycles. The summed E-state index contributed by atoms with van der Waals surface area (Å²) in [5, 5.41) is -5.07. The van der Waals surface area contributed by atoms with Gasteiger partial charge < -0.3 is 14.0 Å². The Balaban J connectivity index is 0.000000297. The molecule has 1 unspecified atom stereocenters. The predicted molar refractivity (Wildman–Crippen MR) is 147 cm³/mol. The maximum absolute atomic E-state index is 13.7. The van der Waals surface area contributed by atoms with E-state index in [1.165, 1.54) is 14.7 Å². The summed E-state index contributed by atoms with van der Waals surface area (Å²) >= 11 is 0. The van der Waals surface area contributed by atoms with Gasteiger partial charge in [0.05, 0.1) is 10.9 Å². The third-order valence-corrected chi connectivity index (χ3v) is 8.40. The SMILES string of the molecule is C=C(C)C(=O)OC(CC)C(F)(F)C(=O)OCC(F)(F)S(=O)(=O)[O-].c1ccc([S+](c2ccccc2)c2ccccc2)cc1. The standard InChI is InChI=1S/C18H15S.C11H14F4O7S/c1-4-10-16(11-5-1)19(17-12-6-2-7-13-17)18-14-8-3-9-15-18;1-4-7(22-8(16)6(2)3)11(14,15)9(17)21-5-10(12,13)23(18,19)20/h1-15H;7H,2,4-5H2,1,3H3,(H,18,19,20)/q+1;/p-1. The molecule has 0 saturated carbocycles. The van der Waals surface area contributed by atoms with Crippen molar-refractivity contribution in [2.24, 2.45) is 0 Å². The summed E-state index contributed by atoms with van der Waals surface area (Å²) in [7, 11) is -6.22. The number of hydrogen-bond acceptors (Lipinski definition) is 7. The van der Waals surface area contributed by atoms with Gasteiger partial charge >= 0.3 is 23.1 Å². The van der Waals surface area contributed by atoms with E-state index in [-0.39, 0.29) is 16.5 Å². The highest BCUT2D eigenvalue weighted by Gasteiger charge is 2.52. The minimum atomic E-state index is -6.20. The van der Waals surface area contributed by atoms with E-state index in [2.05, 4.69) is 107 Å². The number of ether oxygens (including phenoxy) is 2. The molecule has 1 atom stereocenters. The van der Waals surface area contributed by atoms with Crippen molar-refractivity contribution >= 4 is 33.0 Å². The third-order valence-electron chi connectivity index (χ3n) is 5.32. The van der Waals surface area contributed by atoms with Crippen molar-refractivity contribution in [3.05, 3.63) is 103 Å². The van der Waals surface area contributed by atoms with Crippen molar-refractivity contribution < 1.29 is 49.6 Å². The first-order valence-corrected chi connectivity index (χ1v) is 14.9. The summed E-state index contributed by atoms with van der Waals surface area (Å²) in [4.78, 5) is 26.4. The van der Waals surface area contributed by atoms with Crippen molar-refractivity contribution in [1.82, 2.24) is 0 Å². The zero-order valence-electron chi connectivity index (χ0n) is 22.5. The summed E-state index contributed by atoms with van der Waals surface area (Å²) in [6, 6.07) is 32.2. The summed E-state index contributed by atoms with van der Waals surface area (Å²) in [6.07, 6.45) is -2.94. The van der Waals surface area contributed by atoms with Crippen molar-refractivity contribution in [3.63, 3.8) is 0 Å². The molecule has 3 aromatic carbocycles. The predicted octanol–water partition coefficient (Wildman–Crippen LogP) is 5.98. The molecule has 0 radical (unpaired) electrons. The van der Waals surface area contributed by atoms with Crippen LogP contribution in [0.3, 0.4) is 0 Å². The molecule has 0 amide bonds. The van der Waals surface area contributed by atoms with Crippen LogP contribution in [0.5, 0.6) is 0 Å². The van der Waals surface area contributed by atoms with E-state index in [1.807, 2.05) is 0 Å². The number of halogens is 4. The fourth-order valence-electron chi connectivity index (χ4n) is 3.17. The highest BCUT2D eigenvalue weighted by Crippen LogP contribution is 2.31. The summed E-state index contributed by atoms with van der Waals surface area (Å²) in [5.41, 5.74) is -0.253. The first-order chi connectivity index (χ1) is 19.6. The Kier molecular flexibility index (Phi) is 12.3. The number of rotatable bonds is 11. The molecule has 0 spiro atoms. The number of benzene rings is 3. The molecule has 0 fully saturated rings. The van der Waals surface area contributed by atoms with Crippen molar-refractivity contribution in [2.45, 2.75) is 52.2 Å². The lowest BCUT2D eigenvalue weighted by molar-refractivity contribution is -0.200. The van der Waals surface area contributed by atoms with Gasteiger partial charge in [0, 0.05) is 5.57 Å². The van der Waals surface area contributed by atoms with E-state index in [1.54, 1.807) is 0 Å². The van der Waals surface area contributed by atoms with Crippen LogP contribution < -0.4 is 0 Å². The van der Waals surface area contributed by atoms with Gasteiger partial charge in [-0.2, -0.15) is 17.6 Å². The summed E-state index contributed by atoms with van der Waals surface area (Å²) < 4.78 is 91.2. The van der Waals surface area contributed by atoms with Gasteiger partial charge in [-0.15, -0.1) is 0 Å². The van der Waals surface area contributed by atoms with Crippen LogP contribution in [0.1, 0.15) is 20.3 Å². The van der Waals surface area contributed by atoms with Crippen molar-refractivity contribution in [3.8, 4) is 0 Å². The molecule has 7 nitrogen and oxygen atoms in total. The molecule has 3 aromatic rings. The lowest BCUT2D eigenvalue weighted by Gasteiger charge is -2.25. The Bertz CT molecular complexity index is 1340. The van der Waals surface area contributed by atoms with E-state index < -0.39 is 52.4 Å². The van der Waals surface area contributed by atoms with E-state index in [4.69, 9.17) is 0 Å². The van der Waals surface area contributed by atoms with Gasteiger partial charge in [0.2, 0.25) is 0 Å². The normalized spacial score (nSPS) is 12.5. The Morgan fingerprint density at radius 1 is 0.857 bits per heavy atom. The van der Waals surface area contributed by atoms with Crippen LogP contribution in [0.15, 0.2) is 118 Å². The molecule has 0 aliphatic carbocycles. The average Bonchev–Trinajstić information content (AvgIpc) is 2.96. The molecule has 0 aliphatic rings. The highest BCUT2D eigenvalue weighted by atomic mass is 32.2. The average molecular weight is 629 g/mol. The number of alkyl halides is 4. The molecule has 0 bridgehead atoms. The van der Waals surface area contributed by atoms with Gasteiger partial charge in [-0.25, -0.2) is 18.0 Å². The van der Waals surface area contributed by atoms with E-state index in [9.17, 15) is 40.1 Å². The molecule has 0 N–H and O–H groups in total. The third kappa shape index (κ3) is 9.43. The number of esters is 2. The fraction of sp³-hybridized carbons (Fsp3) is 0.241. The van der Waals surface area contributed by atoms with Gasteiger partial charge in [0.25, 0.3) is 0 Å². The maximum Gasteiger partial charge on any atom is 0.381 e.